The van der Waals surface area contributed by atoms with Crippen molar-refractivity contribution in [1.82, 2.24) is 0 Å². The molecule has 15 heavy (non-hydrogen) atoms. The van der Waals surface area contributed by atoms with Gasteiger partial charge in [-0.05, 0) is 10.6 Å². The lowest BCUT2D eigenvalue weighted by molar-refractivity contribution is -0.133. The first kappa shape index (κ1) is 13.8. The van der Waals surface area contributed by atoms with Gasteiger partial charge in [0.2, 0.25) is 5.91 Å². The maximum atomic E-state index is 11.0. The third kappa shape index (κ3) is 3.82. The van der Waals surface area contributed by atoms with Crippen molar-refractivity contribution in [3.8, 4) is 0 Å². The minimum atomic E-state index is -1.68. The molecule has 0 radical (unpaired) electrons. The highest BCUT2D eigenvalue weighted by Gasteiger charge is 2.31. The lowest BCUT2D eigenvalue weighted by Gasteiger charge is -2.24. The average Bonchev–Trinajstić information content (AvgIpc) is 2.25. The van der Waals surface area contributed by atoms with Crippen LogP contribution in [0.4, 0.5) is 0 Å². The van der Waals surface area contributed by atoms with E-state index in [2.05, 4.69) is 10.0 Å². The van der Waals surface area contributed by atoms with Crippen LogP contribution in [0.15, 0.2) is 5.11 Å². The first-order chi connectivity index (χ1) is 6.95. The van der Waals surface area contributed by atoms with Crippen LogP contribution in [-0.2, 0) is 4.79 Å². The molecule has 0 fully saturated rings. The fraction of sp³-hybridized carbons (Fsp3) is 0.857. The zero-order chi connectivity index (χ0) is 12.0. The summed E-state index contributed by atoms with van der Waals surface area (Å²) >= 11 is 0. The molecule has 8 nitrogen and oxygen atoms in total. The summed E-state index contributed by atoms with van der Waals surface area (Å²) < 4.78 is 0. The van der Waals surface area contributed by atoms with Gasteiger partial charge in [-0.25, -0.2) is 0 Å². The quantitative estimate of drug-likeness (QED) is 0.253. The van der Waals surface area contributed by atoms with Crippen molar-refractivity contribution >= 4 is 5.91 Å². The fourth-order valence-electron chi connectivity index (χ4n) is 0.913. The van der Waals surface area contributed by atoms with Gasteiger partial charge in [0.25, 0.3) is 0 Å². The van der Waals surface area contributed by atoms with Crippen LogP contribution < -0.4 is 0 Å². The van der Waals surface area contributed by atoms with Gasteiger partial charge in [-0.1, -0.05) is 6.92 Å². The Morgan fingerprint density at radius 1 is 1.40 bits per heavy atom. The van der Waals surface area contributed by atoms with Crippen molar-refractivity contribution < 1.29 is 25.2 Å². The van der Waals surface area contributed by atoms with Gasteiger partial charge in [0, 0.05) is 4.91 Å². The van der Waals surface area contributed by atoms with E-state index in [1.165, 1.54) is 6.92 Å². The molecule has 0 aliphatic carbocycles. The van der Waals surface area contributed by atoms with Gasteiger partial charge in [0.1, 0.15) is 12.2 Å². The largest absolute Gasteiger partial charge is 0.394 e. The van der Waals surface area contributed by atoms with E-state index in [0.29, 0.717) is 0 Å². The number of hydrogen-bond acceptors (Lipinski definition) is 5. The van der Waals surface area contributed by atoms with Gasteiger partial charge in [0.15, 0.2) is 0 Å². The number of azide groups is 1. The molecule has 0 saturated carbocycles. The normalized spacial score (nSPS) is 18.5. The summed E-state index contributed by atoms with van der Waals surface area (Å²) in [6.45, 7) is 0.482. The van der Waals surface area contributed by atoms with Crippen LogP contribution >= 0.6 is 0 Å². The Bertz CT molecular complexity index is 265. The predicted molar refractivity (Wildman–Crippen MR) is 48.4 cm³/mol. The molecule has 0 unspecified atom stereocenters. The van der Waals surface area contributed by atoms with Gasteiger partial charge in [-0.3, -0.25) is 4.79 Å². The predicted octanol–water partition coefficient (Wildman–Crippen LogP) is -1.47. The Morgan fingerprint density at radius 2 is 1.93 bits per heavy atom. The van der Waals surface area contributed by atoms with Crippen molar-refractivity contribution in [2.75, 3.05) is 6.61 Å². The Morgan fingerprint density at radius 3 is 2.33 bits per heavy atom. The molecule has 8 heteroatoms. The minimum Gasteiger partial charge on any atom is -0.394 e. The highest BCUT2D eigenvalue weighted by molar-refractivity contribution is 5.79. The van der Waals surface area contributed by atoms with Crippen LogP contribution in [0.1, 0.15) is 6.92 Å². The standard InChI is InChI=1S/C7H13N3O5/c1-3(7(15)9-10-8)5(13)6(14)4(12)2-11/h3-6,11-14H,2H2,1H3/t3-,4-,5-,6-/m1/s1. The van der Waals surface area contributed by atoms with Crippen molar-refractivity contribution in [3.05, 3.63) is 10.4 Å². The second-order valence-corrected chi connectivity index (χ2v) is 3.05. The number of aliphatic hydroxyl groups is 4. The molecule has 0 rings (SSSR count). The van der Waals surface area contributed by atoms with Crippen molar-refractivity contribution in [3.63, 3.8) is 0 Å². The van der Waals surface area contributed by atoms with Gasteiger partial charge >= 0.3 is 0 Å². The number of amides is 1. The average molecular weight is 219 g/mol. The molecule has 0 bridgehead atoms. The lowest BCUT2D eigenvalue weighted by Crippen LogP contribution is -2.44. The molecule has 0 aromatic rings. The summed E-state index contributed by atoms with van der Waals surface area (Å²) in [4.78, 5) is 13.2. The van der Waals surface area contributed by atoms with Gasteiger partial charge in [0.05, 0.1) is 18.6 Å². The van der Waals surface area contributed by atoms with Crippen LogP contribution in [0.2, 0.25) is 0 Å². The fourth-order valence-corrected chi connectivity index (χ4v) is 0.913. The Labute approximate surface area is 85.4 Å². The second-order valence-electron chi connectivity index (χ2n) is 3.05. The van der Waals surface area contributed by atoms with E-state index < -0.39 is 36.7 Å². The van der Waals surface area contributed by atoms with Crippen LogP contribution in [0.25, 0.3) is 10.4 Å². The number of aliphatic hydroxyl groups excluding tert-OH is 4. The van der Waals surface area contributed by atoms with Crippen LogP contribution in [-0.4, -0.2) is 51.3 Å². The topological polar surface area (TPSA) is 147 Å². The van der Waals surface area contributed by atoms with E-state index in [-0.39, 0.29) is 0 Å². The highest BCUT2D eigenvalue weighted by atomic mass is 16.4. The Hall–Kier alpha value is -1.18. The zero-order valence-electron chi connectivity index (χ0n) is 8.06. The minimum absolute atomic E-state index is 0.749. The summed E-state index contributed by atoms with van der Waals surface area (Å²) in [6, 6.07) is 0. The molecule has 0 aromatic carbocycles. The van der Waals surface area contributed by atoms with Crippen molar-refractivity contribution in [2.24, 2.45) is 11.0 Å². The van der Waals surface area contributed by atoms with E-state index in [0.717, 1.165) is 0 Å². The molecule has 0 aromatic heterocycles. The van der Waals surface area contributed by atoms with Gasteiger partial charge in [-0.2, -0.15) is 0 Å². The highest BCUT2D eigenvalue weighted by Crippen LogP contribution is 2.12. The monoisotopic (exact) mass is 219 g/mol. The smallest absolute Gasteiger partial charge is 0.224 e. The summed E-state index contributed by atoms with van der Waals surface area (Å²) in [5.74, 6) is -2.11. The number of rotatable bonds is 5. The number of carbonyl (C=O) groups is 1. The molecular weight excluding hydrogens is 206 g/mol. The maximum absolute atomic E-state index is 11.0. The molecule has 86 valence electrons. The summed E-state index contributed by atoms with van der Waals surface area (Å²) in [6.07, 6.45) is -4.84. The van der Waals surface area contributed by atoms with Crippen LogP contribution in [0.5, 0.6) is 0 Å². The van der Waals surface area contributed by atoms with E-state index in [1.54, 1.807) is 0 Å². The van der Waals surface area contributed by atoms with Crippen LogP contribution in [0.3, 0.4) is 0 Å². The summed E-state index contributed by atoms with van der Waals surface area (Å²) in [5, 5.41) is 38.8. The number of hydrogen-bond donors (Lipinski definition) is 4. The maximum Gasteiger partial charge on any atom is 0.224 e. The third-order valence-electron chi connectivity index (χ3n) is 1.98. The second kappa shape index (κ2) is 6.33. The zero-order valence-corrected chi connectivity index (χ0v) is 8.06. The SMILES string of the molecule is C[C@@H](C(=O)N=[N+]=[N-])[C@@H](O)[C@H](O)[C@H](O)CO. The van der Waals surface area contributed by atoms with Gasteiger partial charge < -0.3 is 20.4 Å². The molecule has 0 saturated heterocycles. The molecule has 0 spiro atoms. The number of nitrogens with zero attached hydrogens (tertiary/aromatic N) is 3. The molecule has 0 aliphatic rings. The Balaban J connectivity index is 4.49. The van der Waals surface area contributed by atoms with E-state index >= 15 is 0 Å². The van der Waals surface area contributed by atoms with Crippen molar-refractivity contribution in [2.45, 2.75) is 25.2 Å². The Kier molecular flexibility index (Phi) is 5.83. The van der Waals surface area contributed by atoms with E-state index in [4.69, 9.17) is 15.7 Å². The van der Waals surface area contributed by atoms with E-state index in [1.807, 2.05) is 0 Å². The molecule has 1 amide bonds. The molecule has 0 aliphatic heterocycles. The number of carbonyl (C=O) groups excluding carboxylic acids is 1. The summed E-state index contributed by atoms with van der Waals surface area (Å²) in [7, 11) is 0. The lowest BCUT2D eigenvalue weighted by atomic mass is 9.96. The van der Waals surface area contributed by atoms with Crippen molar-refractivity contribution in [1.29, 1.82) is 0 Å². The third-order valence-corrected chi connectivity index (χ3v) is 1.98. The molecule has 4 N–H and O–H groups in total. The summed E-state index contributed by atoms with van der Waals surface area (Å²) in [5.41, 5.74) is 7.97. The van der Waals surface area contributed by atoms with Gasteiger partial charge in [-0.15, -0.1) is 0 Å². The van der Waals surface area contributed by atoms with E-state index in [9.17, 15) is 15.0 Å². The molecular formula is C7H13N3O5. The van der Waals surface area contributed by atoms with Crippen LogP contribution in [0, 0.1) is 5.92 Å². The molecule has 0 heterocycles. The first-order valence-electron chi connectivity index (χ1n) is 4.19. The molecule has 4 atom stereocenters. The first-order valence-corrected chi connectivity index (χ1v) is 4.19.